The Labute approximate surface area is 146 Å². The molecule has 3 aromatic rings. The van der Waals surface area contributed by atoms with Crippen LogP contribution in [0.3, 0.4) is 0 Å². The van der Waals surface area contributed by atoms with E-state index in [4.69, 9.17) is 46.4 Å². The van der Waals surface area contributed by atoms with Crippen LogP contribution in [0.2, 0.25) is 14.4 Å². The van der Waals surface area contributed by atoms with Gasteiger partial charge in [0.2, 0.25) is 0 Å². The maximum Gasteiger partial charge on any atom is 0.128 e. The number of alkyl halides is 1. The Morgan fingerprint density at radius 2 is 1.90 bits per heavy atom. The Hall–Kier alpha value is -0.450. The van der Waals surface area contributed by atoms with Crippen LogP contribution in [0.15, 0.2) is 24.3 Å². The van der Waals surface area contributed by atoms with E-state index in [1.807, 2.05) is 25.1 Å². The lowest BCUT2D eigenvalue weighted by atomic mass is 10.3. The molecule has 1 unspecified atom stereocenters. The highest BCUT2D eigenvalue weighted by molar-refractivity contribution is 7.16. The van der Waals surface area contributed by atoms with Gasteiger partial charge in [-0.1, -0.05) is 34.8 Å². The molecular weight excluding hydrogens is 370 g/mol. The van der Waals surface area contributed by atoms with Crippen LogP contribution in [-0.4, -0.2) is 9.55 Å². The zero-order chi connectivity index (χ0) is 15.1. The molecule has 0 saturated carbocycles. The number of rotatable bonds is 3. The lowest BCUT2D eigenvalue weighted by molar-refractivity contribution is 0.750. The summed E-state index contributed by atoms with van der Waals surface area (Å²) in [6.07, 6.45) is 0. The highest BCUT2D eigenvalue weighted by atomic mass is 35.5. The molecule has 0 N–H and O–H groups in total. The summed E-state index contributed by atoms with van der Waals surface area (Å²) in [5.41, 5.74) is 1.70. The second-order valence-corrected chi connectivity index (χ2v) is 7.90. The summed E-state index contributed by atoms with van der Waals surface area (Å²) >= 11 is 26.0. The first-order chi connectivity index (χ1) is 9.95. The Balaban J connectivity index is 2.17. The molecule has 0 saturated heterocycles. The van der Waals surface area contributed by atoms with Crippen molar-refractivity contribution in [2.75, 3.05) is 0 Å². The average Bonchev–Trinajstić information content (AvgIpc) is 2.96. The number of hydrogen-bond acceptors (Lipinski definition) is 2. The maximum absolute atomic E-state index is 6.26. The van der Waals surface area contributed by atoms with E-state index in [1.54, 1.807) is 6.07 Å². The summed E-state index contributed by atoms with van der Waals surface area (Å²) in [5.74, 6) is 0.787. The monoisotopic (exact) mass is 378 g/mol. The summed E-state index contributed by atoms with van der Waals surface area (Å²) in [7, 11) is 0. The van der Waals surface area contributed by atoms with Crippen LogP contribution < -0.4 is 0 Å². The number of halogens is 4. The third-order valence-electron chi connectivity index (χ3n) is 3.12. The molecule has 110 valence electrons. The molecule has 3 rings (SSSR count). The van der Waals surface area contributed by atoms with Gasteiger partial charge in [0, 0.05) is 4.88 Å². The van der Waals surface area contributed by atoms with Crippen LogP contribution in [0, 0.1) is 0 Å². The molecule has 2 heterocycles. The van der Waals surface area contributed by atoms with E-state index in [1.165, 1.54) is 11.3 Å². The first-order valence-corrected chi connectivity index (χ1v) is 8.58. The van der Waals surface area contributed by atoms with Crippen molar-refractivity contribution in [1.82, 2.24) is 9.55 Å². The summed E-state index contributed by atoms with van der Waals surface area (Å²) in [6.45, 7) is 2.54. The molecule has 0 spiro atoms. The number of imidazole rings is 1. The second kappa shape index (κ2) is 5.98. The number of nitrogens with zero attached hydrogens (tertiary/aromatic N) is 2. The lowest BCUT2D eigenvalue weighted by Crippen LogP contribution is -2.04. The van der Waals surface area contributed by atoms with Crippen molar-refractivity contribution in [1.29, 1.82) is 0 Å². The summed E-state index contributed by atoms with van der Waals surface area (Å²) in [5, 5.41) is 0.774. The fraction of sp³-hybridized carbons (Fsp3) is 0.214. The van der Waals surface area contributed by atoms with E-state index in [0.29, 0.717) is 16.6 Å². The standard InChI is InChI=1S/C14H10Cl4N2S/c1-7(15)14-19-11-4-9(16)10(17)5-12(11)20(14)6-8-2-3-13(18)21-8/h2-5,7H,6H2,1H3. The Morgan fingerprint density at radius 1 is 1.19 bits per heavy atom. The van der Waals surface area contributed by atoms with Crippen molar-refractivity contribution < 1.29 is 0 Å². The minimum atomic E-state index is -0.217. The van der Waals surface area contributed by atoms with Crippen LogP contribution >= 0.6 is 57.7 Å². The van der Waals surface area contributed by atoms with Gasteiger partial charge in [-0.05, 0) is 31.2 Å². The summed E-state index contributed by atoms with van der Waals surface area (Å²) in [4.78, 5) is 5.71. The number of thiophene rings is 1. The molecule has 0 amide bonds. The molecule has 2 nitrogen and oxygen atoms in total. The van der Waals surface area contributed by atoms with E-state index >= 15 is 0 Å². The molecule has 0 bridgehead atoms. The molecule has 21 heavy (non-hydrogen) atoms. The molecule has 2 aromatic heterocycles. The van der Waals surface area contributed by atoms with Crippen molar-refractivity contribution in [3.63, 3.8) is 0 Å². The second-order valence-electron chi connectivity index (χ2n) is 4.63. The van der Waals surface area contributed by atoms with Crippen molar-refractivity contribution in [2.45, 2.75) is 18.8 Å². The molecule has 0 aliphatic rings. The van der Waals surface area contributed by atoms with E-state index < -0.39 is 0 Å². The van der Waals surface area contributed by atoms with E-state index in [0.717, 1.165) is 26.1 Å². The predicted molar refractivity (Wildman–Crippen MR) is 92.5 cm³/mol. The highest BCUT2D eigenvalue weighted by Gasteiger charge is 2.17. The van der Waals surface area contributed by atoms with Crippen LogP contribution in [0.4, 0.5) is 0 Å². The topological polar surface area (TPSA) is 17.8 Å². The SMILES string of the molecule is CC(Cl)c1nc2cc(Cl)c(Cl)cc2n1Cc1ccc(Cl)s1. The smallest absolute Gasteiger partial charge is 0.128 e. The van der Waals surface area contributed by atoms with Crippen LogP contribution in [-0.2, 0) is 6.54 Å². The van der Waals surface area contributed by atoms with Gasteiger partial charge in [-0.3, -0.25) is 0 Å². The number of hydrogen-bond donors (Lipinski definition) is 0. The maximum atomic E-state index is 6.26. The molecule has 0 fully saturated rings. The molecule has 1 aromatic carbocycles. The van der Waals surface area contributed by atoms with E-state index in [9.17, 15) is 0 Å². The predicted octanol–water partition coefficient (Wildman–Crippen LogP) is 6.41. The van der Waals surface area contributed by atoms with Gasteiger partial charge >= 0.3 is 0 Å². The number of aromatic nitrogens is 2. The Kier molecular flexibility index (Phi) is 4.40. The third-order valence-corrected chi connectivity index (χ3v) is 5.25. The van der Waals surface area contributed by atoms with Crippen molar-refractivity contribution in [3.8, 4) is 0 Å². The molecule has 1 atom stereocenters. The van der Waals surface area contributed by atoms with Crippen molar-refractivity contribution >= 4 is 68.8 Å². The van der Waals surface area contributed by atoms with Crippen LogP contribution in [0.25, 0.3) is 11.0 Å². The Morgan fingerprint density at radius 3 is 2.52 bits per heavy atom. The molecule has 0 aliphatic carbocycles. The van der Waals surface area contributed by atoms with Gasteiger partial charge in [-0.2, -0.15) is 0 Å². The molecule has 0 radical (unpaired) electrons. The fourth-order valence-corrected chi connectivity index (χ4v) is 3.76. The first kappa shape index (κ1) is 15.4. The number of fused-ring (bicyclic) bond motifs is 1. The van der Waals surface area contributed by atoms with Crippen molar-refractivity contribution in [2.24, 2.45) is 0 Å². The summed E-state index contributed by atoms with van der Waals surface area (Å²) in [6, 6.07) is 7.47. The first-order valence-electron chi connectivity index (χ1n) is 6.19. The molecule has 0 aliphatic heterocycles. The largest absolute Gasteiger partial charge is 0.321 e. The van der Waals surface area contributed by atoms with Gasteiger partial charge in [-0.15, -0.1) is 22.9 Å². The molecule has 7 heteroatoms. The quantitative estimate of drug-likeness (QED) is 0.481. The van der Waals surface area contributed by atoms with Crippen LogP contribution in [0.1, 0.15) is 23.0 Å². The van der Waals surface area contributed by atoms with Gasteiger partial charge in [-0.25, -0.2) is 4.98 Å². The van der Waals surface area contributed by atoms with E-state index in [-0.39, 0.29) is 5.38 Å². The highest BCUT2D eigenvalue weighted by Crippen LogP contribution is 2.32. The number of benzene rings is 1. The lowest BCUT2D eigenvalue weighted by Gasteiger charge is -2.09. The minimum absolute atomic E-state index is 0.217. The third kappa shape index (κ3) is 3.03. The van der Waals surface area contributed by atoms with Gasteiger partial charge in [0.1, 0.15) is 5.82 Å². The average molecular weight is 380 g/mol. The normalized spacial score (nSPS) is 13.0. The fourth-order valence-electron chi connectivity index (χ4n) is 2.20. The Bertz CT molecular complexity index is 807. The van der Waals surface area contributed by atoms with E-state index in [2.05, 4.69) is 9.55 Å². The minimum Gasteiger partial charge on any atom is -0.321 e. The van der Waals surface area contributed by atoms with Crippen LogP contribution in [0.5, 0.6) is 0 Å². The van der Waals surface area contributed by atoms with Gasteiger partial charge in [0.15, 0.2) is 0 Å². The van der Waals surface area contributed by atoms with Gasteiger partial charge < -0.3 is 4.57 Å². The van der Waals surface area contributed by atoms with Crippen molar-refractivity contribution in [3.05, 3.63) is 49.3 Å². The molecular formula is C14H10Cl4N2S. The van der Waals surface area contributed by atoms with Gasteiger partial charge in [0.05, 0.1) is 37.3 Å². The zero-order valence-corrected chi connectivity index (χ0v) is 14.7. The zero-order valence-electron chi connectivity index (χ0n) is 10.9. The van der Waals surface area contributed by atoms with Gasteiger partial charge in [0.25, 0.3) is 0 Å². The summed E-state index contributed by atoms with van der Waals surface area (Å²) < 4.78 is 2.81.